The zero-order chi connectivity index (χ0) is 32.3. The molecule has 0 radical (unpaired) electrons. The van der Waals surface area contributed by atoms with Gasteiger partial charge in [-0.2, -0.15) is 0 Å². The van der Waals surface area contributed by atoms with E-state index in [1.165, 1.54) is 38.1 Å². The average molecular weight is 627 g/mol. The van der Waals surface area contributed by atoms with Crippen molar-refractivity contribution < 1.29 is 4.42 Å². The lowest BCUT2D eigenvalue weighted by molar-refractivity contribution is 0.669. The lowest BCUT2D eigenvalue weighted by Crippen LogP contribution is -2.11. The molecule has 0 aliphatic rings. The van der Waals surface area contributed by atoms with Crippen LogP contribution in [0.5, 0.6) is 0 Å². The van der Waals surface area contributed by atoms with Crippen molar-refractivity contribution >= 4 is 71.6 Å². The Morgan fingerprint density at radius 2 is 1.06 bits per heavy atom. The summed E-state index contributed by atoms with van der Waals surface area (Å²) in [6.45, 7) is 0. The van der Waals surface area contributed by atoms with Crippen molar-refractivity contribution in [2.45, 2.75) is 0 Å². The lowest BCUT2D eigenvalue weighted by Gasteiger charge is -2.28. The van der Waals surface area contributed by atoms with Gasteiger partial charge in [-0.1, -0.05) is 115 Å². The summed E-state index contributed by atoms with van der Waals surface area (Å²) in [4.78, 5) is 2.40. The fourth-order valence-corrected chi connectivity index (χ4v) is 7.58. The van der Waals surface area contributed by atoms with Gasteiger partial charge in [-0.25, -0.2) is 0 Å². The molecule has 0 spiro atoms. The van der Waals surface area contributed by atoms with Crippen LogP contribution >= 0.6 is 0 Å². The molecule has 2 heterocycles. The Balaban J connectivity index is 1.29. The van der Waals surface area contributed by atoms with Gasteiger partial charge in [0.1, 0.15) is 11.2 Å². The summed E-state index contributed by atoms with van der Waals surface area (Å²) in [6, 6.07) is 65.0. The summed E-state index contributed by atoms with van der Waals surface area (Å²) < 4.78 is 8.66. The van der Waals surface area contributed by atoms with E-state index in [0.717, 1.165) is 50.3 Å². The standard InChI is InChI=1S/C46H30N2O/c1-3-13-31(14-4-1)36-18-9-11-21-41(36)47(35-25-28-45-39(29-35)38-20-10-12-22-44(38)49-45)34-24-27-42-40(30-34)46-37-19-8-7-15-32(37)23-26-43(46)48(42)33-16-5-2-6-17-33/h1-30H. The molecule has 0 saturated heterocycles. The molecule has 10 aromatic rings. The highest BCUT2D eigenvalue weighted by atomic mass is 16.3. The number of para-hydroxylation sites is 3. The van der Waals surface area contributed by atoms with Crippen LogP contribution in [-0.4, -0.2) is 4.57 Å². The van der Waals surface area contributed by atoms with Gasteiger partial charge >= 0.3 is 0 Å². The number of rotatable bonds is 5. The lowest BCUT2D eigenvalue weighted by atomic mass is 10.0. The van der Waals surface area contributed by atoms with Gasteiger partial charge in [0.25, 0.3) is 0 Å². The fraction of sp³-hybridized carbons (Fsp3) is 0. The topological polar surface area (TPSA) is 21.3 Å². The molecule has 3 heteroatoms. The summed E-state index contributed by atoms with van der Waals surface area (Å²) in [5.41, 5.74) is 10.9. The van der Waals surface area contributed by atoms with Crippen molar-refractivity contribution in [3.05, 3.63) is 182 Å². The molecule has 0 atom stereocenters. The Morgan fingerprint density at radius 1 is 0.429 bits per heavy atom. The second-order valence-electron chi connectivity index (χ2n) is 12.6. The molecular formula is C46H30N2O. The summed E-state index contributed by atoms with van der Waals surface area (Å²) in [5, 5.41) is 7.17. The largest absolute Gasteiger partial charge is 0.456 e. The number of aromatic nitrogens is 1. The monoisotopic (exact) mass is 626 g/mol. The molecule has 0 bridgehead atoms. The second-order valence-corrected chi connectivity index (χ2v) is 12.6. The fourth-order valence-electron chi connectivity index (χ4n) is 7.58. The first-order chi connectivity index (χ1) is 24.3. The minimum atomic E-state index is 0.883. The van der Waals surface area contributed by atoms with Crippen LogP contribution in [0.25, 0.3) is 71.3 Å². The van der Waals surface area contributed by atoms with Gasteiger partial charge < -0.3 is 13.9 Å². The third-order valence-corrected chi connectivity index (χ3v) is 9.76. The molecule has 3 nitrogen and oxygen atoms in total. The molecule has 0 unspecified atom stereocenters. The highest BCUT2D eigenvalue weighted by Crippen LogP contribution is 2.45. The zero-order valence-electron chi connectivity index (χ0n) is 26.6. The molecule has 0 amide bonds. The van der Waals surface area contributed by atoms with Crippen LogP contribution in [0.2, 0.25) is 0 Å². The Bertz CT molecular complexity index is 2830. The van der Waals surface area contributed by atoms with E-state index in [0.29, 0.717) is 0 Å². The first kappa shape index (κ1) is 27.5. The summed E-state index contributed by atoms with van der Waals surface area (Å²) in [5.74, 6) is 0. The molecule has 0 fully saturated rings. The highest BCUT2D eigenvalue weighted by Gasteiger charge is 2.21. The van der Waals surface area contributed by atoms with Crippen LogP contribution in [0.1, 0.15) is 0 Å². The van der Waals surface area contributed by atoms with Crippen LogP contribution in [-0.2, 0) is 0 Å². The number of hydrogen-bond acceptors (Lipinski definition) is 2. The molecule has 0 saturated carbocycles. The van der Waals surface area contributed by atoms with Crippen LogP contribution in [0, 0.1) is 0 Å². The summed E-state index contributed by atoms with van der Waals surface area (Å²) in [7, 11) is 0. The van der Waals surface area contributed by atoms with Gasteiger partial charge in [0.2, 0.25) is 0 Å². The molecule has 10 rings (SSSR count). The van der Waals surface area contributed by atoms with Gasteiger partial charge in [-0.15, -0.1) is 0 Å². The number of anilines is 3. The minimum absolute atomic E-state index is 0.883. The van der Waals surface area contributed by atoms with Crippen LogP contribution in [0.15, 0.2) is 186 Å². The summed E-state index contributed by atoms with van der Waals surface area (Å²) >= 11 is 0. The van der Waals surface area contributed by atoms with Crippen molar-refractivity contribution in [2.75, 3.05) is 4.90 Å². The van der Waals surface area contributed by atoms with Gasteiger partial charge in [-0.3, -0.25) is 0 Å². The van der Waals surface area contributed by atoms with Crippen molar-refractivity contribution in [2.24, 2.45) is 0 Å². The molecular weight excluding hydrogens is 597 g/mol. The van der Waals surface area contributed by atoms with E-state index < -0.39 is 0 Å². The minimum Gasteiger partial charge on any atom is -0.456 e. The van der Waals surface area contributed by atoms with E-state index in [1.807, 2.05) is 12.1 Å². The molecule has 230 valence electrons. The van der Waals surface area contributed by atoms with Gasteiger partial charge in [-0.05, 0) is 83.1 Å². The number of benzene rings is 8. The molecule has 0 aliphatic heterocycles. The van der Waals surface area contributed by atoms with E-state index in [-0.39, 0.29) is 0 Å². The van der Waals surface area contributed by atoms with Crippen LogP contribution in [0.3, 0.4) is 0 Å². The Morgan fingerprint density at radius 3 is 1.92 bits per heavy atom. The first-order valence-electron chi connectivity index (χ1n) is 16.7. The van der Waals surface area contributed by atoms with E-state index in [1.54, 1.807) is 0 Å². The Labute approximate surface area is 283 Å². The molecule has 8 aromatic carbocycles. The smallest absolute Gasteiger partial charge is 0.135 e. The molecule has 49 heavy (non-hydrogen) atoms. The van der Waals surface area contributed by atoms with Crippen LogP contribution in [0.4, 0.5) is 17.1 Å². The van der Waals surface area contributed by atoms with Crippen molar-refractivity contribution in [3.8, 4) is 16.8 Å². The maximum Gasteiger partial charge on any atom is 0.135 e. The van der Waals surface area contributed by atoms with Gasteiger partial charge in [0, 0.05) is 44.2 Å². The maximum atomic E-state index is 6.26. The van der Waals surface area contributed by atoms with E-state index >= 15 is 0 Å². The number of nitrogens with zero attached hydrogens (tertiary/aromatic N) is 2. The van der Waals surface area contributed by atoms with E-state index in [4.69, 9.17) is 4.42 Å². The second kappa shape index (κ2) is 11.0. The van der Waals surface area contributed by atoms with Crippen molar-refractivity contribution in [3.63, 3.8) is 0 Å². The third kappa shape index (κ3) is 4.37. The predicted molar refractivity (Wildman–Crippen MR) is 206 cm³/mol. The molecule has 2 aromatic heterocycles. The maximum absolute atomic E-state index is 6.26. The average Bonchev–Trinajstić information content (AvgIpc) is 3.71. The zero-order valence-corrected chi connectivity index (χ0v) is 26.6. The van der Waals surface area contributed by atoms with Gasteiger partial charge in [0.15, 0.2) is 0 Å². The molecule has 0 aliphatic carbocycles. The first-order valence-corrected chi connectivity index (χ1v) is 16.7. The highest BCUT2D eigenvalue weighted by molar-refractivity contribution is 6.22. The third-order valence-electron chi connectivity index (χ3n) is 9.76. The van der Waals surface area contributed by atoms with E-state index in [9.17, 15) is 0 Å². The number of furan rings is 1. The SMILES string of the molecule is c1ccc(-c2ccccc2N(c2ccc3oc4ccccc4c3c2)c2ccc3c(c2)c2c4ccccc4ccc2n3-c2ccccc2)cc1. The predicted octanol–water partition coefficient (Wildman–Crippen LogP) is 13.0. The summed E-state index contributed by atoms with van der Waals surface area (Å²) in [6.07, 6.45) is 0. The number of hydrogen-bond donors (Lipinski definition) is 0. The quantitative estimate of drug-likeness (QED) is 0.190. The number of fused-ring (bicyclic) bond motifs is 8. The van der Waals surface area contributed by atoms with Crippen molar-refractivity contribution in [1.29, 1.82) is 0 Å². The normalized spacial score (nSPS) is 11.7. The Kier molecular flexibility index (Phi) is 6.18. The van der Waals surface area contributed by atoms with Gasteiger partial charge in [0.05, 0.1) is 16.7 Å². The van der Waals surface area contributed by atoms with E-state index in [2.05, 4.69) is 179 Å². The Hall–Kier alpha value is -6.58. The van der Waals surface area contributed by atoms with Crippen LogP contribution < -0.4 is 4.90 Å². The molecule has 0 N–H and O–H groups in total. The van der Waals surface area contributed by atoms with Crippen molar-refractivity contribution in [1.82, 2.24) is 4.57 Å².